The zero-order valence-corrected chi connectivity index (χ0v) is 17.9. The molecule has 2 amide bonds. The van der Waals surface area contributed by atoms with Gasteiger partial charge in [0.15, 0.2) is 0 Å². The predicted octanol–water partition coefficient (Wildman–Crippen LogP) is 1.44. The SMILES string of the molecule is C=CC(=O)N1CC2(COC(CNC(=O)CCc3nn(C(=O)C=C)c4c3CCCC4)C2)C1. The van der Waals surface area contributed by atoms with E-state index in [2.05, 4.69) is 23.6 Å². The minimum atomic E-state index is -0.217. The standard InChI is InChI=1S/C23H30N4O4/c1-3-21(29)26-13-23(14-26)11-16(31-15-23)12-24-20(28)10-9-18-17-7-5-6-8-19(17)27(25-18)22(30)4-2/h3-4,16H,1-2,5-15H2,(H,24,28). The molecule has 166 valence electrons. The summed E-state index contributed by atoms with van der Waals surface area (Å²) in [4.78, 5) is 37.9. The minimum absolute atomic E-state index is 0.0254. The minimum Gasteiger partial charge on any atom is -0.376 e. The van der Waals surface area contributed by atoms with Crippen molar-refractivity contribution < 1.29 is 19.1 Å². The van der Waals surface area contributed by atoms with Gasteiger partial charge in [0.1, 0.15) is 0 Å². The molecule has 2 saturated heterocycles. The first-order valence-corrected chi connectivity index (χ1v) is 11.0. The molecule has 3 heterocycles. The van der Waals surface area contributed by atoms with Crippen LogP contribution in [-0.4, -0.2) is 64.7 Å². The van der Waals surface area contributed by atoms with E-state index >= 15 is 0 Å². The summed E-state index contributed by atoms with van der Waals surface area (Å²) < 4.78 is 7.32. The zero-order chi connectivity index (χ0) is 22.0. The first-order valence-electron chi connectivity index (χ1n) is 11.0. The van der Waals surface area contributed by atoms with Gasteiger partial charge in [-0.15, -0.1) is 0 Å². The number of aryl methyl sites for hydroxylation is 1. The normalized spacial score (nSPS) is 21.3. The summed E-state index contributed by atoms with van der Waals surface area (Å²) in [7, 11) is 0. The Labute approximate surface area is 182 Å². The molecular weight excluding hydrogens is 396 g/mol. The summed E-state index contributed by atoms with van der Waals surface area (Å²) in [5.74, 6) is -0.303. The highest BCUT2D eigenvalue weighted by molar-refractivity contribution is 5.89. The molecule has 1 N–H and O–H groups in total. The van der Waals surface area contributed by atoms with Crippen molar-refractivity contribution in [2.24, 2.45) is 5.41 Å². The fourth-order valence-electron chi connectivity index (χ4n) is 4.99. The number of allylic oxidation sites excluding steroid dienone is 1. The Morgan fingerprint density at radius 2 is 1.90 bits per heavy atom. The number of likely N-dealkylation sites (tertiary alicyclic amines) is 1. The Morgan fingerprint density at radius 1 is 1.16 bits per heavy atom. The predicted molar refractivity (Wildman–Crippen MR) is 115 cm³/mol. The molecule has 1 unspecified atom stereocenters. The van der Waals surface area contributed by atoms with Crippen LogP contribution < -0.4 is 5.32 Å². The van der Waals surface area contributed by atoms with E-state index in [1.165, 1.54) is 16.8 Å². The highest BCUT2D eigenvalue weighted by Crippen LogP contribution is 2.41. The zero-order valence-electron chi connectivity index (χ0n) is 17.9. The Morgan fingerprint density at radius 3 is 2.65 bits per heavy atom. The Hall–Kier alpha value is -2.74. The van der Waals surface area contributed by atoms with Gasteiger partial charge in [-0.3, -0.25) is 14.4 Å². The van der Waals surface area contributed by atoms with E-state index in [0.717, 1.165) is 49.1 Å². The van der Waals surface area contributed by atoms with E-state index < -0.39 is 0 Å². The van der Waals surface area contributed by atoms with Crippen molar-refractivity contribution in [3.63, 3.8) is 0 Å². The molecule has 8 nitrogen and oxygen atoms in total. The quantitative estimate of drug-likeness (QED) is 0.666. The van der Waals surface area contributed by atoms with Gasteiger partial charge in [0, 0.05) is 37.9 Å². The van der Waals surface area contributed by atoms with Crippen LogP contribution in [0.25, 0.3) is 0 Å². The monoisotopic (exact) mass is 426 g/mol. The van der Waals surface area contributed by atoms with Crippen LogP contribution in [0.3, 0.4) is 0 Å². The van der Waals surface area contributed by atoms with Crippen LogP contribution in [0, 0.1) is 5.41 Å². The lowest BCUT2D eigenvalue weighted by Crippen LogP contribution is -2.58. The van der Waals surface area contributed by atoms with E-state index in [9.17, 15) is 14.4 Å². The maximum atomic E-state index is 12.4. The van der Waals surface area contributed by atoms with Crippen molar-refractivity contribution in [1.82, 2.24) is 20.0 Å². The molecule has 1 atom stereocenters. The second kappa shape index (κ2) is 8.78. The fraction of sp³-hybridized carbons (Fsp3) is 0.565. The molecule has 3 aliphatic rings. The van der Waals surface area contributed by atoms with E-state index in [1.807, 2.05) is 0 Å². The van der Waals surface area contributed by atoms with Crippen molar-refractivity contribution in [2.75, 3.05) is 26.2 Å². The molecule has 2 aliphatic heterocycles. The lowest BCUT2D eigenvalue weighted by Gasteiger charge is -2.46. The molecule has 0 bridgehead atoms. The van der Waals surface area contributed by atoms with Gasteiger partial charge in [-0.1, -0.05) is 13.2 Å². The maximum Gasteiger partial charge on any atom is 0.270 e. The lowest BCUT2D eigenvalue weighted by atomic mass is 9.78. The van der Waals surface area contributed by atoms with Gasteiger partial charge in [-0.25, -0.2) is 4.68 Å². The molecule has 0 radical (unpaired) electrons. The van der Waals surface area contributed by atoms with Gasteiger partial charge < -0.3 is 15.0 Å². The average molecular weight is 427 g/mol. The second-order valence-corrected chi connectivity index (χ2v) is 8.87. The van der Waals surface area contributed by atoms with Crippen LogP contribution in [0.15, 0.2) is 25.3 Å². The number of amides is 2. The molecule has 8 heteroatoms. The molecule has 4 rings (SSSR count). The number of aromatic nitrogens is 2. The van der Waals surface area contributed by atoms with Gasteiger partial charge in [0.25, 0.3) is 5.91 Å². The van der Waals surface area contributed by atoms with E-state index in [-0.39, 0.29) is 29.2 Å². The van der Waals surface area contributed by atoms with Crippen LogP contribution in [-0.2, 0) is 33.6 Å². The summed E-state index contributed by atoms with van der Waals surface area (Å²) in [6.45, 7) is 9.56. The summed E-state index contributed by atoms with van der Waals surface area (Å²) in [5.41, 5.74) is 2.97. The number of carbonyl (C=O) groups excluding carboxylic acids is 3. The van der Waals surface area contributed by atoms with Crippen LogP contribution >= 0.6 is 0 Å². The number of nitrogens with one attached hydrogen (secondary N) is 1. The van der Waals surface area contributed by atoms with Crippen LogP contribution in [0.5, 0.6) is 0 Å². The molecule has 1 aromatic rings. The van der Waals surface area contributed by atoms with Crippen LogP contribution in [0.2, 0.25) is 0 Å². The number of hydrogen-bond acceptors (Lipinski definition) is 5. The topological polar surface area (TPSA) is 93.5 Å². The molecule has 1 aromatic heterocycles. The van der Waals surface area contributed by atoms with Gasteiger partial charge in [-0.2, -0.15) is 5.10 Å². The lowest BCUT2D eigenvalue weighted by molar-refractivity contribution is -0.137. The van der Waals surface area contributed by atoms with Crippen LogP contribution in [0.1, 0.15) is 47.4 Å². The summed E-state index contributed by atoms with van der Waals surface area (Å²) in [6, 6.07) is 0. The average Bonchev–Trinajstić information content (AvgIpc) is 3.36. The Kier molecular flexibility index (Phi) is 6.09. The third-order valence-electron chi connectivity index (χ3n) is 6.59. The maximum absolute atomic E-state index is 12.4. The molecule has 0 aromatic carbocycles. The van der Waals surface area contributed by atoms with Gasteiger partial charge >= 0.3 is 0 Å². The fourth-order valence-corrected chi connectivity index (χ4v) is 4.99. The number of fused-ring (bicyclic) bond motifs is 1. The summed E-state index contributed by atoms with van der Waals surface area (Å²) >= 11 is 0. The van der Waals surface area contributed by atoms with Crippen molar-refractivity contribution in [3.8, 4) is 0 Å². The Balaban J connectivity index is 1.25. The van der Waals surface area contributed by atoms with E-state index in [4.69, 9.17) is 4.74 Å². The molecule has 31 heavy (non-hydrogen) atoms. The van der Waals surface area contributed by atoms with E-state index in [0.29, 0.717) is 39.1 Å². The molecule has 1 aliphatic carbocycles. The first kappa shape index (κ1) is 21.5. The number of carbonyl (C=O) groups is 3. The van der Waals surface area contributed by atoms with Crippen molar-refractivity contribution >= 4 is 17.7 Å². The number of rotatable bonds is 7. The number of hydrogen-bond donors (Lipinski definition) is 1. The Bertz CT molecular complexity index is 913. The van der Waals surface area contributed by atoms with Crippen molar-refractivity contribution in [1.29, 1.82) is 0 Å². The van der Waals surface area contributed by atoms with Crippen LogP contribution in [0.4, 0.5) is 0 Å². The molecule has 1 spiro atoms. The molecule has 2 fully saturated rings. The highest BCUT2D eigenvalue weighted by atomic mass is 16.5. The van der Waals surface area contributed by atoms with Crippen molar-refractivity contribution in [3.05, 3.63) is 42.3 Å². The third kappa shape index (κ3) is 4.35. The van der Waals surface area contributed by atoms with Crippen molar-refractivity contribution in [2.45, 2.75) is 51.0 Å². The molecule has 0 saturated carbocycles. The van der Waals surface area contributed by atoms with Gasteiger partial charge in [0.05, 0.1) is 24.1 Å². The highest BCUT2D eigenvalue weighted by Gasteiger charge is 2.50. The largest absolute Gasteiger partial charge is 0.376 e. The molecular formula is C23H30N4O4. The number of nitrogens with zero attached hydrogens (tertiary/aromatic N) is 3. The summed E-state index contributed by atoms with van der Waals surface area (Å²) in [5, 5.41) is 7.46. The smallest absolute Gasteiger partial charge is 0.270 e. The van der Waals surface area contributed by atoms with E-state index in [1.54, 1.807) is 4.90 Å². The number of ether oxygens (including phenoxy) is 1. The van der Waals surface area contributed by atoms with Gasteiger partial charge in [0.2, 0.25) is 11.8 Å². The second-order valence-electron chi connectivity index (χ2n) is 8.87. The first-order chi connectivity index (χ1) is 14.9. The summed E-state index contributed by atoms with van der Waals surface area (Å²) in [6.07, 6.45) is 8.14. The third-order valence-corrected chi connectivity index (χ3v) is 6.59. The van der Waals surface area contributed by atoms with Gasteiger partial charge in [-0.05, 0) is 49.8 Å².